The molecule has 0 aromatic heterocycles. The summed E-state index contributed by atoms with van der Waals surface area (Å²) in [4.78, 5) is 0. The Balaban J connectivity index is 2.16. The topological polar surface area (TPSA) is 55.5 Å². The third kappa shape index (κ3) is 2.97. The van der Waals surface area contributed by atoms with E-state index < -0.39 is 17.5 Å². The van der Waals surface area contributed by atoms with Gasteiger partial charge in [0.05, 0.1) is 11.1 Å². The van der Waals surface area contributed by atoms with Crippen LogP contribution in [0.4, 0.5) is 4.39 Å². The van der Waals surface area contributed by atoms with Crippen LogP contribution in [0.25, 0.3) is 0 Å². The monoisotopic (exact) mass is 427 g/mol. The van der Waals surface area contributed by atoms with Crippen LogP contribution in [0.3, 0.4) is 0 Å². The Morgan fingerprint density at radius 2 is 2.08 bits per heavy atom. The van der Waals surface area contributed by atoms with Gasteiger partial charge in [0.2, 0.25) is 0 Å². The Morgan fingerprint density at radius 3 is 2.72 bits per heavy atom. The van der Waals surface area contributed by atoms with E-state index >= 15 is 0 Å². The van der Waals surface area contributed by atoms with E-state index in [4.69, 9.17) is 22.1 Å². The molecule has 3 nitrogen and oxygen atoms in total. The fraction of sp³-hybridized carbons (Fsp3) is 0.368. The van der Waals surface area contributed by atoms with E-state index in [-0.39, 0.29) is 10.9 Å². The van der Waals surface area contributed by atoms with Crippen molar-refractivity contribution >= 4 is 27.5 Å². The van der Waals surface area contributed by atoms with Crippen LogP contribution in [0.2, 0.25) is 5.02 Å². The van der Waals surface area contributed by atoms with Crippen molar-refractivity contribution < 1.29 is 14.2 Å². The van der Waals surface area contributed by atoms with Gasteiger partial charge in [-0.1, -0.05) is 48.9 Å². The summed E-state index contributed by atoms with van der Waals surface area (Å²) in [6.45, 7) is 2.44. The first-order chi connectivity index (χ1) is 11.9. The van der Waals surface area contributed by atoms with Crippen LogP contribution in [-0.4, -0.2) is 17.8 Å². The van der Waals surface area contributed by atoms with Gasteiger partial charge in [0.1, 0.15) is 11.6 Å². The molecule has 1 unspecified atom stereocenters. The predicted molar refractivity (Wildman–Crippen MR) is 101 cm³/mol. The molecule has 1 aliphatic rings. The lowest BCUT2D eigenvalue weighted by Crippen LogP contribution is -2.46. The number of ether oxygens (including phenoxy) is 1. The van der Waals surface area contributed by atoms with Crippen LogP contribution in [0.15, 0.2) is 40.9 Å². The molecule has 3 N–H and O–H groups in total. The van der Waals surface area contributed by atoms with Crippen LogP contribution in [0.5, 0.6) is 5.75 Å². The Hall–Kier alpha value is -1.14. The van der Waals surface area contributed by atoms with Crippen LogP contribution in [0, 0.1) is 5.82 Å². The van der Waals surface area contributed by atoms with Crippen molar-refractivity contribution in [1.82, 2.24) is 0 Å². The molecule has 3 atom stereocenters. The van der Waals surface area contributed by atoms with Crippen molar-refractivity contribution in [2.45, 2.75) is 37.4 Å². The van der Waals surface area contributed by atoms with Crippen molar-refractivity contribution in [3.63, 3.8) is 0 Å². The molecule has 0 saturated carbocycles. The zero-order valence-corrected chi connectivity index (χ0v) is 16.1. The molecule has 0 saturated heterocycles. The smallest absolute Gasteiger partial charge is 0.166 e. The number of hydrogen-bond acceptors (Lipinski definition) is 3. The minimum Gasteiger partial charge on any atom is -0.479 e. The van der Waals surface area contributed by atoms with Gasteiger partial charge in [-0.25, -0.2) is 4.39 Å². The van der Waals surface area contributed by atoms with Gasteiger partial charge in [0.25, 0.3) is 0 Å². The molecule has 0 fully saturated rings. The first kappa shape index (κ1) is 18.6. The second kappa shape index (κ2) is 7.23. The van der Waals surface area contributed by atoms with Gasteiger partial charge >= 0.3 is 0 Å². The molecule has 3 rings (SSSR count). The minimum absolute atomic E-state index is 0.0227. The summed E-state index contributed by atoms with van der Waals surface area (Å²) in [5, 5.41) is 11.1. The average Bonchev–Trinajstić information content (AvgIpc) is 2.91. The summed E-state index contributed by atoms with van der Waals surface area (Å²) in [5.41, 5.74) is 6.20. The van der Waals surface area contributed by atoms with Crippen LogP contribution in [0.1, 0.15) is 36.8 Å². The molecular weight excluding hydrogens is 409 g/mol. The zero-order valence-electron chi connectivity index (χ0n) is 13.8. The summed E-state index contributed by atoms with van der Waals surface area (Å²) >= 11 is 9.47. The van der Waals surface area contributed by atoms with E-state index in [0.29, 0.717) is 29.6 Å². The van der Waals surface area contributed by atoms with Gasteiger partial charge in [-0.2, -0.15) is 0 Å². The van der Waals surface area contributed by atoms with Crippen molar-refractivity contribution in [1.29, 1.82) is 0 Å². The lowest BCUT2D eigenvalue weighted by molar-refractivity contribution is -0.0631. The van der Waals surface area contributed by atoms with Crippen LogP contribution < -0.4 is 10.5 Å². The molecule has 0 amide bonds. The van der Waals surface area contributed by atoms with Crippen molar-refractivity contribution in [2.75, 3.05) is 6.54 Å². The van der Waals surface area contributed by atoms with Crippen molar-refractivity contribution in [3.05, 3.63) is 62.8 Å². The normalized spacial score (nSPS) is 23.2. The van der Waals surface area contributed by atoms with Crippen LogP contribution >= 0.6 is 27.5 Å². The zero-order chi connectivity index (χ0) is 18.2. The second-order valence-corrected chi connectivity index (χ2v) is 7.50. The third-order valence-corrected chi connectivity index (χ3v) is 6.34. The maximum absolute atomic E-state index is 14.1. The number of nitrogens with two attached hydrogens (primary N) is 1. The van der Waals surface area contributed by atoms with Gasteiger partial charge in [-0.15, -0.1) is 0 Å². The number of rotatable bonds is 5. The average molecular weight is 429 g/mol. The Bertz CT molecular complexity index is 774. The maximum Gasteiger partial charge on any atom is 0.166 e. The molecule has 2 aromatic rings. The molecule has 1 heterocycles. The highest BCUT2D eigenvalue weighted by Gasteiger charge is 2.53. The van der Waals surface area contributed by atoms with Gasteiger partial charge in [-0.3, -0.25) is 0 Å². The lowest BCUT2D eigenvalue weighted by atomic mass is 9.75. The maximum atomic E-state index is 14.1. The minimum atomic E-state index is -1.02. The molecule has 0 bridgehead atoms. The number of hydrogen-bond donors (Lipinski definition) is 2. The quantitative estimate of drug-likeness (QED) is 0.677. The fourth-order valence-electron chi connectivity index (χ4n) is 3.64. The van der Waals surface area contributed by atoms with E-state index in [1.165, 1.54) is 6.07 Å². The molecule has 25 heavy (non-hydrogen) atoms. The highest BCUT2D eigenvalue weighted by atomic mass is 79.9. The fourth-order valence-corrected chi connectivity index (χ4v) is 4.53. The van der Waals surface area contributed by atoms with E-state index in [1.807, 2.05) is 37.3 Å². The summed E-state index contributed by atoms with van der Waals surface area (Å²) in [6.07, 6.45) is 0.352. The van der Waals surface area contributed by atoms with E-state index in [0.717, 1.165) is 11.1 Å². The predicted octanol–water partition coefficient (Wildman–Crippen LogP) is 4.73. The van der Waals surface area contributed by atoms with Gasteiger partial charge in [0, 0.05) is 22.0 Å². The first-order valence-corrected chi connectivity index (χ1v) is 9.40. The molecule has 134 valence electrons. The molecule has 0 spiro atoms. The van der Waals surface area contributed by atoms with Gasteiger partial charge in [-0.05, 0) is 40.9 Å². The van der Waals surface area contributed by atoms with Crippen molar-refractivity contribution in [3.8, 4) is 5.75 Å². The molecular formula is C19H20BrClFNO2. The summed E-state index contributed by atoms with van der Waals surface area (Å²) < 4.78 is 20.8. The number of aliphatic hydroxyl groups is 1. The number of benzene rings is 2. The highest BCUT2D eigenvalue weighted by molar-refractivity contribution is 9.10. The molecule has 0 aliphatic carbocycles. The lowest BCUT2D eigenvalue weighted by Gasteiger charge is -2.38. The molecule has 6 heteroatoms. The Labute approximate surface area is 160 Å². The Kier molecular flexibility index (Phi) is 5.40. The second-order valence-electron chi connectivity index (χ2n) is 6.33. The van der Waals surface area contributed by atoms with E-state index in [9.17, 15) is 9.50 Å². The van der Waals surface area contributed by atoms with Gasteiger partial charge in [0.15, 0.2) is 5.60 Å². The number of halogens is 3. The highest BCUT2D eigenvalue weighted by Crippen LogP contribution is 2.56. The number of fused-ring (bicyclic) bond motifs is 1. The summed E-state index contributed by atoms with van der Waals surface area (Å²) in [6, 6.07) is 10.8. The van der Waals surface area contributed by atoms with E-state index in [2.05, 4.69) is 15.9 Å². The largest absolute Gasteiger partial charge is 0.479 e. The Morgan fingerprint density at radius 1 is 1.40 bits per heavy atom. The third-order valence-electron chi connectivity index (χ3n) is 4.92. The SMILES string of the molecule is C[C@H]1c2c(cc(F)c(Cl)c2Br)O[C@@]1(c1ccccc1)C(O)CCCN. The molecule has 1 aliphatic heterocycles. The molecule has 0 radical (unpaired) electrons. The van der Waals surface area contributed by atoms with Crippen LogP contribution in [-0.2, 0) is 5.60 Å². The standard InChI is InChI=1S/C19H20BrClFNO2/c1-11-16-14(10-13(22)18(21)17(16)20)25-19(11,15(24)8-5-9-23)12-6-3-2-4-7-12/h2-4,6-7,10-11,15,24H,5,8-9,23H2,1H3/t11-,15?,19-/m0/s1. The molecule has 2 aromatic carbocycles. The summed E-state index contributed by atoms with van der Waals surface area (Å²) in [5.74, 6) is -0.387. The summed E-state index contributed by atoms with van der Waals surface area (Å²) in [7, 11) is 0. The van der Waals surface area contributed by atoms with Crippen molar-refractivity contribution in [2.24, 2.45) is 5.73 Å². The first-order valence-electron chi connectivity index (χ1n) is 8.23. The van der Waals surface area contributed by atoms with Gasteiger partial charge < -0.3 is 15.6 Å². The van der Waals surface area contributed by atoms with E-state index in [1.54, 1.807) is 0 Å². The number of aliphatic hydroxyl groups excluding tert-OH is 1.